The minimum Gasteiger partial charge on any atom is -0.493 e. The molecule has 1 aromatic rings. The van der Waals surface area contributed by atoms with Gasteiger partial charge in [0, 0.05) is 6.26 Å². The number of carboxylic acids is 1. The predicted molar refractivity (Wildman–Crippen MR) is 73.2 cm³/mol. The lowest BCUT2D eigenvalue weighted by Gasteiger charge is -2.16. The van der Waals surface area contributed by atoms with Crippen molar-refractivity contribution in [1.82, 2.24) is 0 Å². The third-order valence-corrected chi connectivity index (χ3v) is 4.03. The van der Waals surface area contributed by atoms with Gasteiger partial charge in [-0.2, -0.15) is 0 Å². The number of carboxylic acid groups (broad SMARTS) is 1. The maximum atomic E-state index is 11.7. The fraction of sp³-hybridized carbons (Fsp3) is 0.462. The van der Waals surface area contributed by atoms with E-state index in [2.05, 4.69) is 0 Å². The lowest BCUT2D eigenvalue weighted by Crippen LogP contribution is -2.13. The molecule has 0 heterocycles. The van der Waals surface area contributed by atoms with Crippen LogP contribution >= 0.6 is 0 Å². The summed E-state index contributed by atoms with van der Waals surface area (Å²) in [6, 6.07) is 2.96. The first-order chi connectivity index (χ1) is 9.22. The molecule has 7 heteroatoms. The molecule has 1 unspecified atom stereocenters. The van der Waals surface area contributed by atoms with Crippen molar-refractivity contribution in [2.24, 2.45) is 5.92 Å². The molecule has 0 spiro atoms. The highest BCUT2D eigenvalue weighted by atomic mass is 32.2. The highest BCUT2D eigenvalue weighted by Gasteiger charge is 2.23. The van der Waals surface area contributed by atoms with Crippen LogP contribution in [-0.4, -0.2) is 40.0 Å². The molecule has 0 radical (unpaired) electrons. The Bertz CT molecular complexity index is 606. The van der Waals surface area contributed by atoms with Gasteiger partial charge >= 0.3 is 5.97 Å². The van der Waals surface area contributed by atoms with Crippen molar-refractivity contribution in [3.05, 3.63) is 17.7 Å². The van der Waals surface area contributed by atoms with E-state index in [1.807, 2.05) is 0 Å². The summed E-state index contributed by atoms with van der Waals surface area (Å²) in [5, 5.41) is 8.95. The number of ether oxygens (including phenoxy) is 2. The molecule has 20 heavy (non-hydrogen) atoms. The monoisotopic (exact) mass is 302 g/mol. The van der Waals surface area contributed by atoms with Crippen molar-refractivity contribution >= 4 is 15.8 Å². The van der Waals surface area contributed by atoms with Gasteiger partial charge in [0.2, 0.25) is 0 Å². The Morgan fingerprint density at radius 3 is 2.20 bits per heavy atom. The fourth-order valence-electron chi connectivity index (χ4n) is 1.87. The molecule has 0 saturated heterocycles. The van der Waals surface area contributed by atoms with Crippen LogP contribution in [0.5, 0.6) is 11.5 Å². The SMILES string of the molecule is COc1c(CC(C)C(=O)O)ccc(S(C)(=O)=O)c1OC. The van der Waals surface area contributed by atoms with E-state index in [4.69, 9.17) is 14.6 Å². The average Bonchev–Trinajstić information content (AvgIpc) is 2.36. The molecule has 1 rings (SSSR count). The Kier molecular flexibility index (Phi) is 4.99. The second-order valence-corrected chi connectivity index (χ2v) is 6.49. The first-order valence-electron chi connectivity index (χ1n) is 5.89. The van der Waals surface area contributed by atoms with Crippen LogP contribution in [-0.2, 0) is 21.1 Å². The van der Waals surface area contributed by atoms with Crippen LogP contribution in [0.4, 0.5) is 0 Å². The van der Waals surface area contributed by atoms with E-state index in [-0.39, 0.29) is 22.8 Å². The molecule has 1 atom stereocenters. The minimum atomic E-state index is -3.46. The Labute approximate surface area is 118 Å². The van der Waals surface area contributed by atoms with Crippen molar-refractivity contribution < 1.29 is 27.8 Å². The van der Waals surface area contributed by atoms with Gasteiger partial charge in [-0.3, -0.25) is 4.79 Å². The van der Waals surface area contributed by atoms with E-state index < -0.39 is 21.7 Å². The summed E-state index contributed by atoms with van der Waals surface area (Å²) in [7, 11) is -0.729. The van der Waals surface area contributed by atoms with Gasteiger partial charge in [0.1, 0.15) is 4.90 Å². The van der Waals surface area contributed by atoms with Gasteiger partial charge in [-0.05, 0) is 18.1 Å². The molecule has 0 saturated carbocycles. The number of methoxy groups -OCH3 is 2. The molecule has 1 N–H and O–H groups in total. The fourth-order valence-corrected chi connectivity index (χ4v) is 2.70. The normalized spacial score (nSPS) is 12.8. The van der Waals surface area contributed by atoms with E-state index in [1.54, 1.807) is 13.0 Å². The lowest BCUT2D eigenvalue weighted by atomic mass is 10.00. The van der Waals surface area contributed by atoms with Crippen LogP contribution in [0, 0.1) is 5.92 Å². The number of carbonyl (C=O) groups is 1. The first-order valence-corrected chi connectivity index (χ1v) is 7.78. The van der Waals surface area contributed by atoms with Gasteiger partial charge < -0.3 is 14.6 Å². The largest absolute Gasteiger partial charge is 0.493 e. The highest BCUT2D eigenvalue weighted by molar-refractivity contribution is 7.90. The highest BCUT2D eigenvalue weighted by Crippen LogP contribution is 2.38. The molecule has 0 aliphatic heterocycles. The molecule has 0 bridgehead atoms. The summed E-state index contributed by atoms with van der Waals surface area (Å²) in [5.74, 6) is -1.19. The molecule has 0 amide bonds. The van der Waals surface area contributed by atoms with Gasteiger partial charge in [-0.1, -0.05) is 13.0 Å². The van der Waals surface area contributed by atoms with E-state index >= 15 is 0 Å². The second kappa shape index (κ2) is 6.13. The summed E-state index contributed by atoms with van der Waals surface area (Å²) in [4.78, 5) is 10.9. The Morgan fingerprint density at radius 2 is 1.80 bits per heavy atom. The lowest BCUT2D eigenvalue weighted by molar-refractivity contribution is -0.141. The molecule has 1 aromatic carbocycles. The number of aliphatic carboxylic acids is 1. The average molecular weight is 302 g/mol. The smallest absolute Gasteiger partial charge is 0.306 e. The molecular weight excluding hydrogens is 284 g/mol. The quantitative estimate of drug-likeness (QED) is 0.853. The van der Waals surface area contributed by atoms with Crippen LogP contribution in [0.25, 0.3) is 0 Å². The second-order valence-electron chi connectivity index (χ2n) is 4.50. The Morgan fingerprint density at radius 1 is 1.25 bits per heavy atom. The van der Waals surface area contributed by atoms with Crippen molar-refractivity contribution in [2.75, 3.05) is 20.5 Å². The number of sulfone groups is 1. The van der Waals surface area contributed by atoms with Gasteiger partial charge in [-0.15, -0.1) is 0 Å². The Balaban J connectivity index is 3.40. The molecule has 0 aliphatic rings. The van der Waals surface area contributed by atoms with E-state index in [1.165, 1.54) is 20.3 Å². The van der Waals surface area contributed by atoms with Gasteiger partial charge in [-0.25, -0.2) is 8.42 Å². The predicted octanol–water partition coefficient (Wildman–Crippen LogP) is 1.37. The van der Waals surface area contributed by atoms with Gasteiger partial charge in [0.25, 0.3) is 0 Å². The molecule has 0 aromatic heterocycles. The number of benzene rings is 1. The zero-order valence-electron chi connectivity index (χ0n) is 11.8. The van der Waals surface area contributed by atoms with E-state index in [0.29, 0.717) is 5.56 Å². The number of hydrogen-bond acceptors (Lipinski definition) is 5. The first kappa shape index (κ1) is 16.3. The molecular formula is C13H18O6S. The molecule has 112 valence electrons. The summed E-state index contributed by atoms with van der Waals surface area (Å²) in [6.07, 6.45) is 1.29. The summed E-state index contributed by atoms with van der Waals surface area (Å²) in [5.41, 5.74) is 0.589. The van der Waals surface area contributed by atoms with Crippen molar-refractivity contribution in [3.63, 3.8) is 0 Å². The zero-order chi connectivity index (χ0) is 15.5. The maximum Gasteiger partial charge on any atom is 0.306 e. The molecule has 0 fully saturated rings. The minimum absolute atomic E-state index is 0.0172. The summed E-state index contributed by atoms with van der Waals surface area (Å²) in [6.45, 7) is 1.57. The standard InChI is InChI=1S/C13H18O6S/c1-8(13(14)15)7-9-5-6-10(20(4,16)17)12(19-3)11(9)18-2/h5-6,8H,7H2,1-4H3,(H,14,15). The third kappa shape index (κ3) is 3.41. The van der Waals surface area contributed by atoms with Crippen LogP contribution in [0.3, 0.4) is 0 Å². The molecule has 6 nitrogen and oxygen atoms in total. The molecule has 0 aliphatic carbocycles. The van der Waals surface area contributed by atoms with Crippen LogP contribution < -0.4 is 9.47 Å². The van der Waals surface area contributed by atoms with Crippen molar-refractivity contribution in [2.45, 2.75) is 18.2 Å². The summed E-state index contributed by atoms with van der Waals surface area (Å²) >= 11 is 0. The van der Waals surface area contributed by atoms with E-state index in [0.717, 1.165) is 6.26 Å². The maximum absolute atomic E-state index is 11.7. The van der Waals surface area contributed by atoms with Crippen LogP contribution in [0.15, 0.2) is 17.0 Å². The summed E-state index contributed by atoms with van der Waals surface area (Å²) < 4.78 is 33.7. The van der Waals surface area contributed by atoms with Crippen molar-refractivity contribution in [3.8, 4) is 11.5 Å². The third-order valence-electron chi connectivity index (χ3n) is 2.91. The Hall–Kier alpha value is -1.76. The van der Waals surface area contributed by atoms with Crippen LogP contribution in [0.2, 0.25) is 0 Å². The number of rotatable bonds is 6. The van der Waals surface area contributed by atoms with Gasteiger partial charge in [0.15, 0.2) is 21.3 Å². The van der Waals surface area contributed by atoms with Gasteiger partial charge in [0.05, 0.1) is 20.1 Å². The van der Waals surface area contributed by atoms with Crippen LogP contribution in [0.1, 0.15) is 12.5 Å². The number of hydrogen-bond donors (Lipinski definition) is 1. The van der Waals surface area contributed by atoms with E-state index in [9.17, 15) is 13.2 Å². The zero-order valence-corrected chi connectivity index (χ0v) is 12.7. The van der Waals surface area contributed by atoms with Crippen molar-refractivity contribution in [1.29, 1.82) is 0 Å². The topological polar surface area (TPSA) is 89.9 Å².